The van der Waals surface area contributed by atoms with Crippen molar-refractivity contribution < 1.29 is 18.0 Å². The Hall–Kier alpha value is -3.10. The molecule has 2 aliphatic rings. The number of rotatable bonds is 4. The average Bonchev–Trinajstić information content (AvgIpc) is 3.43. The van der Waals surface area contributed by atoms with Gasteiger partial charge in [0.1, 0.15) is 6.54 Å². The SMILES string of the molecule is Cc1cc(C(F)(F)F)nn1CC(=O)N1N=C2/C(=C/c3ccc(Cl)cc3)CCC[C@@H]2[C@@H]1c1ccc(Cl)cc1. The number of carbonyl (C=O) groups excluding carboxylic acids is 1. The van der Waals surface area contributed by atoms with E-state index in [9.17, 15) is 18.0 Å². The average molecular weight is 547 g/mol. The van der Waals surface area contributed by atoms with Crippen molar-refractivity contribution >= 4 is 40.9 Å². The number of carbonyl (C=O) groups is 1. The second-order valence-electron chi connectivity index (χ2n) is 9.27. The third kappa shape index (κ3) is 5.31. The molecule has 5 rings (SSSR count). The summed E-state index contributed by atoms with van der Waals surface area (Å²) < 4.78 is 40.6. The molecule has 37 heavy (non-hydrogen) atoms. The van der Waals surface area contributed by atoms with E-state index >= 15 is 0 Å². The van der Waals surface area contributed by atoms with Crippen LogP contribution < -0.4 is 0 Å². The first-order chi connectivity index (χ1) is 17.6. The van der Waals surface area contributed by atoms with Gasteiger partial charge in [0.15, 0.2) is 5.69 Å². The molecule has 1 aliphatic carbocycles. The van der Waals surface area contributed by atoms with Gasteiger partial charge in [-0.1, -0.05) is 47.5 Å². The Labute approximate surface area is 222 Å². The molecule has 192 valence electrons. The Morgan fingerprint density at radius 1 is 1.08 bits per heavy atom. The van der Waals surface area contributed by atoms with Crippen LogP contribution in [-0.4, -0.2) is 26.4 Å². The van der Waals surface area contributed by atoms with Gasteiger partial charge in [0.25, 0.3) is 5.91 Å². The van der Waals surface area contributed by atoms with Crippen molar-refractivity contribution in [3.05, 3.63) is 92.7 Å². The summed E-state index contributed by atoms with van der Waals surface area (Å²) in [5, 5.41) is 11.0. The van der Waals surface area contributed by atoms with E-state index in [4.69, 9.17) is 28.3 Å². The van der Waals surface area contributed by atoms with E-state index in [0.29, 0.717) is 10.0 Å². The number of amides is 1. The van der Waals surface area contributed by atoms with Crippen molar-refractivity contribution in [1.82, 2.24) is 14.8 Å². The minimum atomic E-state index is -4.59. The molecule has 0 unspecified atom stereocenters. The predicted molar refractivity (Wildman–Crippen MR) is 137 cm³/mol. The number of halogens is 5. The molecule has 1 aliphatic heterocycles. The fourth-order valence-corrected chi connectivity index (χ4v) is 5.22. The Balaban J connectivity index is 1.51. The standard InChI is InChI=1S/C27H23Cl2F3N4O/c1-16-13-23(27(30,31)32)33-35(16)15-24(37)36-26(18-7-11-21(29)12-8-18)22-4-2-3-19(25(22)34-36)14-17-5-9-20(28)10-6-17/h5-14,22,26H,2-4,15H2,1H3/b19-14+/t22-,26-/m0/s1. The van der Waals surface area contributed by atoms with Gasteiger partial charge >= 0.3 is 6.18 Å². The Morgan fingerprint density at radius 2 is 1.73 bits per heavy atom. The molecule has 5 nitrogen and oxygen atoms in total. The highest BCUT2D eigenvalue weighted by Crippen LogP contribution is 2.44. The third-order valence-electron chi connectivity index (χ3n) is 6.74. The molecule has 3 aromatic rings. The highest BCUT2D eigenvalue weighted by atomic mass is 35.5. The first-order valence-electron chi connectivity index (χ1n) is 11.8. The normalized spacial score (nSPS) is 20.8. The molecular formula is C27H23Cl2F3N4O. The summed E-state index contributed by atoms with van der Waals surface area (Å²) in [6.45, 7) is 1.14. The lowest BCUT2D eigenvalue weighted by atomic mass is 9.77. The van der Waals surface area contributed by atoms with Gasteiger partial charge in [-0.3, -0.25) is 9.48 Å². The predicted octanol–water partition coefficient (Wildman–Crippen LogP) is 7.34. The number of fused-ring (bicyclic) bond motifs is 1. The van der Waals surface area contributed by atoms with E-state index in [0.717, 1.165) is 52.4 Å². The summed E-state index contributed by atoms with van der Waals surface area (Å²) in [7, 11) is 0. The van der Waals surface area contributed by atoms with E-state index < -0.39 is 23.8 Å². The number of allylic oxidation sites excluding steroid dienone is 1. The Morgan fingerprint density at radius 3 is 2.35 bits per heavy atom. The van der Waals surface area contributed by atoms with Gasteiger partial charge in [0.05, 0.1) is 11.8 Å². The lowest BCUT2D eigenvalue weighted by Gasteiger charge is -2.29. The van der Waals surface area contributed by atoms with E-state index in [-0.39, 0.29) is 18.2 Å². The minimum Gasteiger partial charge on any atom is -0.271 e. The maximum absolute atomic E-state index is 13.5. The molecule has 0 spiro atoms. The maximum atomic E-state index is 13.5. The van der Waals surface area contributed by atoms with Crippen LogP contribution in [0, 0.1) is 12.8 Å². The monoisotopic (exact) mass is 546 g/mol. The van der Waals surface area contributed by atoms with E-state index in [1.54, 1.807) is 12.1 Å². The first-order valence-corrected chi connectivity index (χ1v) is 12.6. The number of hydrogen-bond donors (Lipinski definition) is 0. The van der Waals surface area contributed by atoms with Gasteiger partial charge in [-0.2, -0.15) is 23.4 Å². The summed E-state index contributed by atoms with van der Waals surface area (Å²) in [4.78, 5) is 13.5. The summed E-state index contributed by atoms with van der Waals surface area (Å²) in [6.07, 6.45) is 0.0202. The van der Waals surface area contributed by atoms with Gasteiger partial charge in [-0.05, 0) is 79.3 Å². The van der Waals surface area contributed by atoms with Crippen LogP contribution in [-0.2, 0) is 17.5 Å². The smallest absolute Gasteiger partial charge is 0.271 e. The molecule has 1 saturated carbocycles. The minimum absolute atomic E-state index is 0.0538. The van der Waals surface area contributed by atoms with Gasteiger partial charge < -0.3 is 0 Å². The van der Waals surface area contributed by atoms with Crippen LogP contribution in [0.5, 0.6) is 0 Å². The number of hydrazone groups is 1. The molecule has 0 radical (unpaired) electrons. The van der Waals surface area contributed by atoms with E-state index in [1.807, 2.05) is 36.4 Å². The van der Waals surface area contributed by atoms with Crippen LogP contribution in [0.1, 0.15) is 47.8 Å². The van der Waals surface area contributed by atoms with Crippen molar-refractivity contribution in [3.63, 3.8) is 0 Å². The Kier molecular flexibility index (Phi) is 6.89. The van der Waals surface area contributed by atoms with Gasteiger partial charge in [-0.15, -0.1) is 0 Å². The summed E-state index contributed by atoms with van der Waals surface area (Å²) in [5.74, 6) is -0.491. The molecule has 2 aromatic carbocycles. The molecular weight excluding hydrogens is 524 g/mol. The van der Waals surface area contributed by atoms with Crippen molar-refractivity contribution in [1.29, 1.82) is 0 Å². The third-order valence-corrected chi connectivity index (χ3v) is 7.24. The lowest BCUT2D eigenvalue weighted by Crippen LogP contribution is -2.34. The van der Waals surface area contributed by atoms with Crippen LogP contribution in [0.25, 0.3) is 6.08 Å². The van der Waals surface area contributed by atoms with Gasteiger partial charge in [0, 0.05) is 21.7 Å². The zero-order valence-corrected chi connectivity index (χ0v) is 21.4. The fraction of sp³-hybridized carbons (Fsp3) is 0.296. The van der Waals surface area contributed by atoms with Crippen molar-refractivity contribution in [2.75, 3.05) is 0 Å². The first kappa shape index (κ1) is 25.5. The van der Waals surface area contributed by atoms with E-state index in [1.165, 1.54) is 11.9 Å². The molecule has 0 N–H and O–H groups in total. The molecule has 0 bridgehead atoms. The van der Waals surface area contributed by atoms with Crippen molar-refractivity contribution in [3.8, 4) is 0 Å². The number of benzene rings is 2. The zero-order chi connectivity index (χ0) is 26.3. The summed E-state index contributed by atoms with van der Waals surface area (Å²) in [5.41, 5.74) is 2.91. The Bertz CT molecular complexity index is 1380. The number of nitrogens with zero attached hydrogens (tertiary/aromatic N) is 4. The van der Waals surface area contributed by atoms with Crippen molar-refractivity contribution in [2.24, 2.45) is 11.0 Å². The number of aryl methyl sites for hydroxylation is 1. The zero-order valence-electron chi connectivity index (χ0n) is 19.8. The van der Waals surface area contributed by atoms with Gasteiger partial charge in [0.2, 0.25) is 0 Å². The van der Waals surface area contributed by atoms with Crippen LogP contribution in [0.4, 0.5) is 13.2 Å². The highest BCUT2D eigenvalue weighted by molar-refractivity contribution is 6.30. The highest BCUT2D eigenvalue weighted by Gasteiger charge is 2.44. The lowest BCUT2D eigenvalue weighted by molar-refractivity contribution is -0.142. The van der Waals surface area contributed by atoms with Crippen LogP contribution in [0.2, 0.25) is 10.0 Å². The second kappa shape index (κ2) is 9.99. The number of hydrogen-bond acceptors (Lipinski definition) is 3. The van der Waals surface area contributed by atoms with Crippen LogP contribution in [0.3, 0.4) is 0 Å². The topological polar surface area (TPSA) is 50.5 Å². The maximum Gasteiger partial charge on any atom is 0.435 e. The van der Waals surface area contributed by atoms with E-state index in [2.05, 4.69) is 11.2 Å². The summed E-state index contributed by atoms with van der Waals surface area (Å²) >= 11 is 12.1. The molecule has 10 heteroatoms. The number of aromatic nitrogens is 2. The molecule has 0 saturated heterocycles. The largest absolute Gasteiger partial charge is 0.435 e. The van der Waals surface area contributed by atoms with Crippen molar-refractivity contribution in [2.45, 2.75) is 44.9 Å². The molecule has 1 amide bonds. The second-order valence-corrected chi connectivity index (χ2v) is 10.1. The van der Waals surface area contributed by atoms with Crippen LogP contribution >= 0.6 is 23.2 Å². The summed E-state index contributed by atoms with van der Waals surface area (Å²) in [6, 6.07) is 15.3. The van der Waals surface area contributed by atoms with Gasteiger partial charge in [-0.25, -0.2) is 5.01 Å². The molecule has 1 fully saturated rings. The quantitative estimate of drug-likeness (QED) is 0.343. The molecule has 2 atom stereocenters. The molecule has 1 aromatic heterocycles. The fourth-order valence-electron chi connectivity index (χ4n) is 4.97. The number of alkyl halides is 3. The molecule has 2 heterocycles. The van der Waals surface area contributed by atoms with Crippen LogP contribution in [0.15, 0.2) is 65.3 Å².